The van der Waals surface area contributed by atoms with E-state index in [4.69, 9.17) is 72.0 Å². The lowest BCUT2D eigenvalue weighted by molar-refractivity contribution is -0.460. The first-order valence-corrected chi connectivity index (χ1v) is 37.0. The predicted molar refractivity (Wildman–Crippen MR) is 365 cm³/mol. The number of carbonyl (C=O) groups is 9. The molecule has 50 heteroatoms. The lowest BCUT2D eigenvalue weighted by Gasteiger charge is -2.47. The number of hydrogen-bond donors (Lipinski definition) is 25. The van der Waals surface area contributed by atoms with E-state index >= 15 is 0 Å². The second-order valence-electron chi connectivity index (χ2n) is 26.9. The second kappa shape index (κ2) is 45.9. The minimum absolute atomic E-state index is 0.141. The Labute approximate surface area is 643 Å². The molecule has 6 rings (SSSR count). The first-order chi connectivity index (χ1) is 52.5. The zero-order chi connectivity index (χ0) is 82.2. The van der Waals surface area contributed by atoms with Crippen LogP contribution < -0.4 is 59.4 Å². The molecular formula is C61H105N11O37S2. The van der Waals surface area contributed by atoms with Crippen LogP contribution in [-0.4, -0.2) is 348 Å². The van der Waals surface area contributed by atoms with E-state index in [0.29, 0.717) is 11.5 Å². The summed E-state index contributed by atoms with van der Waals surface area (Å²) in [5, 5.41) is 149. The maximum atomic E-state index is 14.3. The minimum Gasteiger partial charge on any atom is -0.479 e. The number of nitrogens with one attached hydrogen (secondary N) is 11. The summed E-state index contributed by atoms with van der Waals surface area (Å²) in [6.07, 6.45) is -51.9. The lowest BCUT2D eigenvalue weighted by Crippen LogP contribution is -2.67. The van der Waals surface area contributed by atoms with Gasteiger partial charge in [0.25, 0.3) is 11.8 Å². The van der Waals surface area contributed by atoms with Crippen LogP contribution in [0.25, 0.3) is 0 Å². The van der Waals surface area contributed by atoms with Gasteiger partial charge in [-0.15, -0.1) is 0 Å². The van der Waals surface area contributed by atoms with Crippen LogP contribution in [-0.2, 0) is 115 Å². The van der Waals surface area contributed by atoms with Crippen LogP contribution in [0.3, 0.4) is 0 Å². The van der Waals surface area contributed by atoms with Crippen LogP contribution in [0.2, 0.25) is 0 Å². The third kappa shape index (κ3) is 27.7. The Bertz CT molecular complexity index is 2980. The molecule has 0 bridgehead atoms. The van der Waals surface area contributed by atoms with Gasteiger partial charge in [-0.05, 0) is 30.8 Å². The molecule has 8 amide bonds. The number of hydrazine groups is 4. The summed E-state index contributed by atoms with van der Waals surface area (Å²) < 4.78 is 52.9. The molecule has 6 aliphatic heterocycles. The maximum Gasteiger partial charge on any atom is 0.335 e. The van der Waals surface area contributed by atoms with Gasteiger partial charge in [-0.3, -0.25) is 65.5 Å². The molecule has 24 N–H and O–H groups in total. The van der Waals surface area contributed by atoms with Crippen molar-refractivity contribution in [2.75, 3.05) is 44.2 Å². The van der Waals surface area contributed by atoms with Gasteiger partial charge in [0, 0.05) is 51.7 Å². The highest BCUT2D eigenvalue weighted by Crippen LogP contribution is 2.36. The Morgan fingerprint density at radius 3 is 1.29 bits per heavy atom. The molecule has 6 fully saturated rings. The first-order valence-electron chi connectivity index (χ1n) is 35.2. The average Bonchev–Trinajstić information content (AvgIpc) is 0.785. The number of thioether (sulfide) groups is 1. The van der Waals surface area contributed by atoms with Gasteiger partial charge < -0.3 is 125 Å². The van der Waals surface area contributed by atoms with E-state index in [9.17, 15) is 110 Å². The molecular weight excluding hydrogens is 1540 g/mol. The third-order valence-corrected chi connectivity index (χ3v) is 19.3. The van der Waals surface area contributed by atoms with Gasteiger partial charge in [0.1, 0.15) is 110 Å². The fourth-order valence-corrected chi connectivity index (χ4v) is 13.2. The van der Waals surface area contributed by atoms with Crippen LogP contribution in [0.15, 0.2) is 0 Å². The van der Waals surface area contributed by atoms with E-state index in [1.807, 2.05) is 10.9 Å². The number of aliphatic hydroxyl groups excluding tert-OH is 12. The van der Waals surface area contributed by atoms with Gasteiger partial charge in [0.15, 0.2) is 37.2 Å². The molecule has 0 spiro atoms. The monoisotopic (exact) mass is 1650 g/mol. The van der Waals surface area contributed by atoms with E-state index in [1.54, 1.807) is 20.8 Å². The fourth-order valence-electron chi connectivity index (χ4n) is 11.8. The number of carbonyl (C=O) groups excluding carboxylic acids is 8. The van der Waals surface area contributed by atoms with Crippen molar-refractivity contribution in [2.45, 2.75) is 271 Å². The predicted octanol–water partition coefficient (Wildman–Crippen LogP) is -11.9. The number of ether oxygens (including phenoxy) is 9. The van der Waals surface area contributed by atoms with Crippen LogP contribution in [0.4, 0.5) is 0 Å². The number of thiol groups is 1. The van der Waals surface area contributed by atoms with Crippen LogP contribution in [0.1, 0.15) is 87.0 Å². The Balaban J connectivity index is 1.16. The van der Waals surface area contributed by atoms with Crippen molar-refractivity contribution >= 4 is 77.6 Å². The summed E-state index contributed by atoms with van der Waals surface area (Å²) in [4.78, 5) is 149. The minimum atomic E-state index is -2.40. The number of aliphatic hydroxyl groups is 12. The summed E-state index contributed by atoms with van der Waals surface area (Å²) in [6.45, 7) is 6.70. The molecule has 111 heavy (non-hydrogen) atoms. The van der Waals surface area contributed by atoms with E-state index in [-0.39, 0.29) is 12.3 Å². The molecule has 0 aromatic rings. The maximum absolute atomic E-state index is 14.3. The van der Waals surface area contributed by atoms with Crippen LogP contribution >= 0.6 is 24.4 Å². The fraction of sp³-hybridized carbons (Fsp3) is 0.852. The van der Waals surface area contributed by atoms with Gasteiger partial charge in [-0.25, -0.2) is 50.4 Å². The van der Waals surface area contributed by atoms with Crippen molar-refractivity contribution in [3.05, 3.63) is 0 Å². The van der Waals surface area contributed by atoms with E-state index in [2.05, 4.69) is 61.1 Å². The van der Waals surface area contributed by atoms with Gasteiger partial charge in [-0.2, -0.15) is 24.4 Å². The van der Waals surface area contributed by atoms with Gasteiger partial charge in [0.2, 0.25) is 48.0 Å². The topological polar surface area (TPSA) is 687 Å². The molecule has 0 saturated carbocycles. The largest absolute Gasteiger partial charge is 0.479 e. The lowest BCUT2D eigenvalue weighted by atomic mass is 9.94. The Morgan fingerprint density at radius 2 is 0.892 bits per heavy atom. The Hall–Kier alpha value is -5.27. The summed E-state index contributed by atoms with van der Waals surface area (Å²) in [5.41, 5.74) is 17.4. The standard InChI is InChI=1S/C61H105N11O37S2/c1-21(2)52(89)69-65-36(79)15-38(81)68-72-55(92)50-47(101-58-29(64-26(7)78)14-32(35(19-75)99-58)107-109-61-45(88)43(86)48(51(104-61)56(93)94)102-59-27(62-24(5)76)12-30(105-95-8)33(17-73)97-59)42(85)44(87)60(103-50)108-106-31-13-28(63-25(6)77)57(98-34(31)18-74)100-46-41(84)40(83)23(4)96-49(46)54(91)71-67-39(82)16-37(80)66-70-53(90)22(3)20-111-11-9-10-110/h21-23,27-37,40-52,57-61,65-66,69,73-75,79-80,83-89,110H,9-20H2,1-8H3,(H,62,76)(H,63,77)(H,64,78)(H,67,82)(H,68,81)(H,70,90)(H,71,91)(H,72,92)(H,93,94)/t22-,23?,27?,28-,29-,30?,31-,32-,33-,34-,35?,36?,37?,40?,41?,42+,43?,44?,45?,46+,47+,48+,49?,50?,51?,52?,57-,58-,59?,60?,61?/m0/s1. The molecule has 6 saturated heterocycles. The van der Waals surface area contributed by atoms with Crippen LogP contribution in [0.5, 0.6) is 0 Å². The molecule has 0 aliphatic carbocycles. The molecule has 31 atom stereocenters. The van der Waals surface area contributed by atoms with Crippen molar-refractivity contribution in [1.82, 2.24) is 59.4 Å². The van der Waals surface area contributed by atoms with Crippen molar-refractivity contribution in [1.29, 1.82) is 0 Å². The van der Waals surface area contributed by atoms with Crippen molar-refractivity contribution < 1.29 is 181 Å². The van der Waals surface area contributed by atoms with Crippen molar-refractivity contribution in [2.24, 2.45) is 11.8 Å². The third-order valence-electron chi connectivity index (χ3n) is 17.7. The highest BCUT2D eigenvalue weighted by Gasteiger charge is 2.57. The van der Waals surface area contributed by atoms with E-state index in [1.165, 1.54) is 25.8 Å². The summed E-state index contributed by atoms with van der Waals surface area (Å²) in [5.74, 6) is -8.14. The van der Waals surface area contributed by atoms with Crippen molar-refractivity contribution in [3.63, 3.8) is 0 Å². The zero-order valence-electron chi connectivity index (χ0n) is 61.4. The number of hydrogen-bond acceptors (Lipinski definition) is 41. The first kappa shape index (κ1) is 94.6. The molecule has 6 heterocycles. The number of carboxylic acids is 1. The smallest absolute Gasteiger partial charge is 0.335 e. The van der Waals surface area contributed by atoms with E-state index < -0.39 is 289 Å². The number of rotatable bonds is 39. The highest BCUT2D eigenvalue weighted by atomic mass is 32.2. The van der Waals surface area contributed by atoms with Gasteiger partial charge >= 0.3 is 5.97 Å². The van der Waals surface area contributed by atoms with Gasteiger partial charge in [0.05, 0.1) is 64.0 Å². The summed E-state index contributed by atoms with van der Waals surface area (Å²) in [7, 11) is 1.17. The molecule has 18 unspecified atom stereocenters. The molecule has 48 nitrogen and oxygen atoms in total. The number of carboxylic acid groups (broad SMARTS) is 1. The van der Waals surface area contributed by atoms with E-state index in [0.717, 1.165) is 32.9 Å². The van der Waals surface area contributed by atoms with Crippen LogP contribution in [0, 0.1) is 11.8 Å². The quantitative estimate of drug-likeness (QED) is 0.00893. The number of aliphatic carboxylic acids is 1. The van der Waals surface area contributed by atoms with Crippen molar-refractivity contribution in [3.8, 4) is 0 Å². The molecule has 0 radical (unpaired) electrons. The summed E-state index contributed by atoms with van der Waals surface area (Å²) in [6, 6.07) is -4.08. The zero-order valence-corrected chi connectivity index (χ0v) is 63.1. The molecule has 0 aromatic heterocycles. The normalized spacial score (nSPS) is 35.6. The molecule has 0 aromatic carbocycles. The second-order valence-corrected chi connectivity index (χ2v) is 28.5. The average molecular weight is 1650 g/mol. The molecule has 6 aliphatic rings. The summed E-state index contributed by atoms with van der Waals surface area (Å²) >= 11 is 5.68. The number of amides is 8. The van der Waals surface area contributed by atoms with Gasteiger partial charge in [-0.1, -0.05) is 20.8 Å². The Morgan fingerprint density at radius 1 is 0.495 bits per heavy atom. The Kier molecular flexibility index (Phi) is 39.1. The molecule has 638 valence electrons. The highest BCUT2D eigenvalue weighted by molar-refractivity contribution is 7.99. The SMILES string of the molecule is COOC1CC(NC(C)=O)C(O[C@H]2C(C(=O)O)OC(OO[C@H]3C[C@H](NC(C)=O)[C@H](O[C@H]4C(C(=O)NNC(=O)CC(O)NNC(O)C(C)C)OC(OO[C@H]5C[C@H](NC(C)=O)[C@H](O[C@H]6C(C(=O)NNC(=O)CC(O)NNC(=O)[C@@H](C)CSCCCS)OC(C)C(O)C6O)O[C@H]5CO)C(O)[C@H]4O)OC3CO)C(O)C2O)O[C@H]1CO.